The van der Waals surface area contributed by atoms with Gasteiger partial charge in [-0.05, 0) is 226 Å². The molecule has 4 nitrogen and oxygen atoms in total. The maximum Gasteiger partial charge on any atom is 0.0547 e. The van der Waals surface area contributed by atoms with E-state index in [0.29, 0.717) is 0 Å². The lowest BCUT2D eigenvalue weighted by molar-refractivity contribution is 1.18. The van der Waals surface area contributed by atoms with Gasteiger partial charge in [-0.2, -0.15) is 0 Å². The maximum absolute atomic E-state index is 2.48. The Labute approximate surface area is 599 Å². The minimum Gasteiger partial charge on any atom is -0.309 e. The molecule has 0 fully saturated rings. The molecule has 18 aromatic carbocycles. The molecule has 0 saturated heterocycles. The van der Waals surface area contributed by atoms with Crippen molar-refractivity contribution in [3.8, 4) is 78.4 Å². The van der Waals surface area contributed by atoms with E-state index in [-0.39, 0.29) is 0 Å². The zero-order valence-electron chi connectivity index (χ0n) is 56.6. The summed E-state index contributed by atoms with van der Waals surface area (Å²) in [7, 11) is 0. The molecule has 0 saturated carbocycles. The van der Waals surface area contributed by atoms with Crippen LogP contribution in [0.25, 0.3) is 209 Å². The number of aromatic nitrogens is 4. The summed E-state index contributed by atoms with van der Waals surface area (Å²) < 4.78 is 9.70. The van der Waals surface area contributed by atoms with E-state index in [2.05, 4.69) is 394 Å². The van der Waals surface area contributed by atoms with Gasteiger partial charge in [0.1, 0.15) is 0 Å². The van der Waals surface area contributed by atoms with E-state index in [1.54, 1.807) is 0 Å². The maximum atomic E-state index is 2.48. The van der Waals surface area contributed by atoms with Crippen molar-refractivity contribution in [3.05, 3.63) is 376 Å². The molecule has 0 amide bonds. The summed E-state index contributed by atoms with van der Waals surface area (Å²) in [6.07, 6.45) is 0. The first kappa shape index (κ1) is 58.0. The molecule has 0 spiro atoms. The van der Waals surface area contributed by atoms with Crippen LogP contribution in [0, 0.1) is 0 Å². The molecule has 482 valence electrons. The second-order valence-corrected chi connectivity index (χ2v) is 27.9. The highest BCUT2D eigenvalue weighted by Gasteiger charge is 2.22. The van der Waals surface area contributed by atoms with Crippen molar-refractivity contribution >= 4 is 130 Å². The Kier molecular flexibility index (Phi) is 12.8. The Hall–Kier alpha value is -13.8. The average Bonchev–Trinajstić information content (AvgIpc) is 1.55. The highest BCUT2D eigenvalue weighted by Crippen LogP contribution is 2.45. The summed E-state index contributed by atoms with van der Waals surface area (Å²) in [6, 6.07) is 140. The second-order valence-electron chi connectivity index (χ2n) is 27.9. The Morgan fingerprint density at radius 3 is 1.00 bits per heavy atom. The van der Waals surface area contributed by atoms with E-state index in [1.165, 1.54) is 175 Å². The number of nitrogens with zero attached hydrogens (tertiary/aromatic N) is 4. The molecule has 104 heavy (non-hydrogen) atoms. The molecule has 0 N–H and O–H groups in total. The van der Waals surface area contributed by atoms with Gasteiger partial charge >= 0.3 is 0 Å². The molecule has 0 atom stereocenters. The lowest BCUT2D eigenvalue weighted by atomic mass is 9.92. The van der Waals surface area contributed by atoms with Crippen LogP contribution in [0.1, 0.15) is 0 Å². The smallest absolute Gasteiger partial charge is 0.0547 e. The summed E-state index contributed by atoms with van der Waals surface area (Å²) in [4.78, 5) is 0. The lowest BCUT2D eigenvalue weighted by Crippen LogP contribution is -1.95. The van der Waals surface area contributed by atoms with E-state index in [0.717, 1.165) is 33.8 Å². The summed E-state index contributed by atoms with van der Waals surface area (Å²) in [6.45, 7) is 0. The van der Waals surface area contributed by atoms with Crippen LogP contribution in [0.5, 0.6) is 0 Å². The standard InChI is InChI=1S/C100H62N4/c1-3-19-73(20-4-1)101-94-32-15-12-27-85(94)90-57-66(42-53-96(90)101)68-39-51-87-84-26-11-14-31-93(84)103(99(87)61-68)75-45-34-63(35-46-75)65-38-49-79-71(56-65)41-50-83-78(29-17-30-81(79)83)72-44-55-98-92(60-72)88-52-40-69(67-43-54-97-91(58-67)86-28-13-16-33-95(86)102(97)74-21-5-2-6-22-74)62-100(88)104(98)76-47-36-64(37-48-76)89-59-70-18-7-8-23-77(70)80-24-9-10-25-82(80)89/h1-62H. The highest BCUT2D eigenvalue weighted by molar-refractivity contribution is 6.19. The third kappa shape index (κ3) is 8.92. The van der Waals surface area contributed by atoms with Crippen molar-refractivity contribution in [1.29, 1.82) is 0 Å². The van der Waals surface area contributed by atoms with Gasteiger partial charge in [0.2, 0.25) is 0 Å². The summed E-state index contributed by atoms with van der Waals surface area (Å²) in [5, 5.41) is 19.8. The topological polar surface area (TPSA) is 19.7 Å². The van der Waals surface area contributed by atoms with Gasteiger partial charge in [0.15, 0.2) is 0 Å². The second kappa shape index (κ2) is 22.9. The van der Waals surface area contributed by atoms with Gasteiger partial charge in [0.25, 0.3) is 0 Å². The van der Waals surface area contributed by atoms with E-state index in [1.807, 2.05) is 0 Å². The molecule has 0 aliphatic heterocycles. The van der Waals surface area contributed by atoms with Crippen LogP contribution >= 0.6 is 0 Å². The van der Waals surface area contributed by atoms with Crippen LogP contribution < -0.4 is 0 Å². The van der Waals surface area contributed by atoms with Crippen LogP contribution in [-0.2, 0) is 0 Å². The predicted octanol–water partition coefficient (Wildman–Crippen LogP) is 27.0. The van der Waals surface area contributed by atoms with E-state index in [9.17, 15) is 0 Å². The molecular formula is C100H62N4. The Morgan fingerprint density at radius 2 is 0.442 bits per heavy atom. The third-order valence-electron chi connectivity index (χ3n) is 22.3. The van der Waals surface area contributed by atoms with Crippen LogP contribution in [0.3, 0.4) is 0 Å². The number of para-hydroxylation sites is 5. The Morgan fingerprint density at radius 1 is 0.125 bits per heavy atom. The Bertz CT molecular complexity index is 7310. The van der Waals surface area contributed by atoms with Gasteiger partial charge in [0.05, 0.1) is 44.1 Å². The minimum atomic E-state index is 1.12. The van der Waals surface area contributed by atoms with Gasteiger partial charge in [-0.1, -0.05) is 249 Å². The third-order valence-corrected chi connectivity index (χ3v) is 22.3. The quantitative estimate of drug-likeness (QED) is 0.128. The van der Waals surface area contributed by atoms with E-state index >= 15 is 0 Å². The molecule has 4 heterocycles. The Balaban J connectivity index is 0.623. The number of benzene rings is 18. The van der Waals surface area contributed by atoms with Crippen LogP contribution in [0.2, 0.25) is 0 Å². The first-order chi connectivity index (χ1) is 51.6. The molecule has 0 aliphatic rings. The number of fused-ring (bicyclic) bond motifs is 18. The van der Waals surface area contributed by atoms with Gasteiger partial charge in [-0.15, -0.1) is 0 Å². The molecule has 0 unspecified atom stereocenters. The predicted molar refractivity (Wildman–Crippen MR) is 441 cm³/mol. The molecule has 22 rings (SSSR count). The van der Waals surface area contributed by atoms with Crippen molar-refractivity contribution in [2.45, 2.75) is 0 Å². The number of rotatable bonds is 9. The normalized spacial score (nSPS) is 12.0. The van der Waals surface area contributed by atoms with Gasteiger partial charge in [0, 0.05) is 65.8 Å². The van der Waals surface area contributed by atoms with Crippen LogP contribution in [-0.4, -0.2) is 18.3 Å². The van der Waals surface area contributed by atoms with E-state index < -0.39 is 0 Å². The fourth-order valence-electron chi connectivity index (χ4n) is 17.5. The molecule has 0 aliphatic carbocycles. The van der Waals surface area contributed by atoms with Gasteiger partial charge < -0.3 is 18.3 Å². The monoisotopic (exact) mass is 1320 g/mol. The van der Waals surface area contributed by atoms with Crippen molar-refractivity contribution in [1.82, 2.24) is 18.3 Å². The molecule has 22 aromatic rings. The SMILES string of the molecule is c1ccc(-n2c3ccccc3c3cc(-c4ccc5c6ccccc6n(-c6ccc(-c7ccc8c(ccc9c(-c%10ccc%11c(c%10)c%10ccc(-c%12ccc%13c(c%12)c%12ccccc%12n%13-c%12ccccc%12)cc%10n%11-c%10ccc(-c%11cc%12ccccc%12c%12ccccc%11%12)cc%10)cccc98)c7)cc6)c5c4)ccc32)cc1. The van der Waals surface area contributed by atoms with Crippen molar-refractivity contribution in [2.24, 2.45) is 0 Å². The van der Waals surface area contributed by atoms with Crippen LogP contribution in [0.4, 0.5) is 0 Å². The molecule has 4 heteroatoms. The first-order valence-electron chi connectivity index (χ1n) is 35.9. The van der Waals surface area contributed by atoms with Crippen molar-refractivity contribution < 1.29 is 0 Å². The minimum absolute atomic E-state index is 1.12. The highest BCUT2D eigenvalue weighted by atomic mass is 15.0. The molecular weight excluding hydrogens is 1260 g/mol. The largest absolute Gasteiger partial charge is 0.309 e. The zero-order chi connectivity index (χ0) is 68.1. The van der Waals surface area contributed by atoms with Crippen molar-refractivity contribution in [2.75, 3.05) is 0 Å². The lowest BCUT2D eigenvalue weighted by Gasteiger charge is -2.14. The van der Waals surface area contributed by atoms with Gasteiger partial charge in [-0.3, -0.25) is 0 Å². The number of hydrogen-bond donors (Lipinski definition) is 0. The average molecular weight is 1320 g/mol. The number of hydrogen-bond acceptors (Lipinski definition) is 0. The summed E-state index contributed by atoms with van der Waals surface area (Å²) in [5.41, 5.74) is 26.0. The van der Waals surface area contributed by atoms with Gasteiger partial charge in [-0.25, -0.2) is 0 Å². The fourth-order valence-corrected chi connectivity index (χ4v) is 17.5. The zero-order valence-corrected chi connectivity index (χ0v) is 56.6. The summed E-state index contributed by atoms with van der Waals surface area (Å²) >= 11 is 0. The first-order valence-corrected chi connectivity index (χ1v) is 35.9. The van der Waals surface area contributed by atoms with Crippen LogP contribution in [0.15, 0.2) is 376 Å². The molecule has 4 aromatic heterocycles. The van der Waals surface area contributed by atoms with E-state index in [4.69, 9.17) is 0 Å². The van der Waals surface area contributed by atoms with Crippen molar-refractivity contribution in [3.63, 3.8) is 0 Å². The summed E-state index contributed by atoms with van der Waals surface area (Å²) in [5.74, 6) is 0. The fraction of sp³-hybridized carbons (Fsp3) is 0. The molecule has 0 bridgehead atoms. The molecule has 0 radical (unpaired) electrons.